The molecule has 0 aliphatic carbocycles. The number of nitrogens with zero attached hydrogens (tertiary/aromatic N) is 3. The van der Waals surface area contributed by atoms with Gasteiger partial charge in [-0.25, -0.2) is 13.8 Å². The summed E-state index contributed by atoms with van der Waals surface area (Å²) in [5.41, 5.74) is 3.49. The van der Waals surface area contributed by atoms with E-state index in [4.69, 9.17) is 0 Å². The van der Waals surface area contributed by atoms with E-state index in [1.54, 1.807) is 36.3 Å². The quantitative estimate of drug-likeness (QED) is 0.156. The van der Waals surface area contributed by atoms with Crippen molar-refractivity contribution in [1.29, 1.82) is 0 Å². The third kappa shape index (κ3) is 13.4. The van der Waals surface area contributed by atoms with Gasteiger partial charge in [0.1, 0.15) is 16.6 Å². The molecule has 1 aliphatic heterocycles. The van der Waals surface area contributed by atoms with Gasteiger partial charge in [-0.2, -0.15) is 0 Å². The van der Waals surface area contributed by atoms with E-state index in [9.17, 15) is 18.4 Å². The molecule has 7 nitrogen and oxygen atoms in total. The first-order valence-electron chi connectivity index (χ1n) is 16.2. The monoisotopic (exact) mass is 677 g/mol. The molecule has 1 atom stereocenters. The second-order valence-corrected chi connectivity index (χ2v) is 12.0. The second kappa shape index (κ2) is 22.5. The zero-order valence-electron chi connectivity index (χ0n) is 29.0. The number of aryl methyl sites for hydroxylation is 2. The first-order chi connectivity index (χ1) is 22.1. The van der Waals surface area contributed by atoms with Crippen molar-refractivity contribution in [2.24, 2.45) is 0 Å². The summed E-state index contributed by atoms with van der Waals surface area (Å²) in [6, 6.07) is 8.88. The Hall–Kier alpha value is -3.02. The molecule has 1 saturated heterocycles. The Morgan fingerprint density at radius 1 is 1.00 bits per heavy atom. The highest BCUT2D eigenvalue weighted by Crippen LogP contribution is 2.35. The molecule has 1 unspecified atom stereocenters. The van der Waals surface area contributed by atoms with Crippen LogP contribution in [-0.2, 0) is 0 Å². The molecule has 0 radical (unpaired) electrons. The van der Waals surface area contributed by atoms with Gasteiger partial charge in [-0.15, -0.1) is 11.3 Å². The van der Waals surface area contributed by atoms with Crippen LogP contribution < -0.4 is 14.9 Å². The number of halogens is 2. The minimum atomic E-state index is -0.521. The van der Waals surface area contributed by atoms with Crippen LogP contribution in [0.15, 0.2) is 41.8 Å². The van der Waals surface area contributed by atoms with Crippen molar-refractivity contribution in [1.82, 2.24) is 20.5 Å². The Morgan fingerprint density at radius 2 is 1.65 bits per heavy atom. The molecule has 2 heterocycles. The van der Waals surface area contributed by atoms with Crippen LogP contribution in [0, 0.1) is 25.5 Å². The first-order valence-corrected chi connectivity index (χ1v) is 18.3. The Kier molecular flexibility index (Phi) is 20.1. The molecule has 4 rings (SSSR count). The Balaban J connectivity index is 0.000000686. The molecule has 2 aromatic carbocycles. The van der Waals surface area contributed by atoms with Gasteiger partial charge in [0.25, 0.3) is 11.8 Å². The molecule has 256 valence electrons. The smallest absolute Gasteiger partial charge is 0.254 e. The number of amides is 2. The maximum atomic E-state index is 13.6. The molecule has 0 bridgehead atoms. The van der Waals surface area contributed by atoms with Gasteiger partial charge in [0, 0.05) is 60.3 Å². The lowest BCUT2D eigenvalue weighted by Gasteiger charge is -2.24. The summed E-state index contributed by atoms with van der Waals surface area (Å²) < 4.78 is 26.3. The highest BCUT2D eigenvalue weighted by Gasteiger charge is 2.33. The van der Waals surface area contributed by atoms with Crippen LogP contribution in [0.1, 0.15) is 103 Å². The van der Waals surface area contributed by atoms with Crippen LogP contribution in [0.3, 0.4) is 0 Å². The number of thiazole rings is 1. The number of carbonyl (C=O) groups is 2. The summed E-state index contributed by atoms with van der Waals surface area (Å²) in [6.07, 6.45) is 5.81. The number of carbonyl (C=O) groups excluding carboxylic acids is 2. The van der Waals surface area contributed by atoms with Crippen molar-refractivity contribution in [2.45, 2.75) is 80.2 Å². The highest BCUT2D eigenvalue weighted by atomic mass is 32.2. The Labute approximate surface area is 283 Å². The van der Waals surface area contributed by atoms with E-state index in [1.165, 1.54) is 12.1 Å². The molecular weight excluding hydrogens is 625 g/mol. The van der Waals surface area contributed by atoms with Crippen molar-refractivity contribution in [2.75, 3.05) is 43.8 Å². The molecule has 3 aromatic rings. The largest absolute Gasteiger partial charge is 0.352 e. The van der Waals surface area contributed by atoms with Crippen LogP contribution in [0.25, 0.3) is 0 Å². The summed E-state index contributed by atoms with van der Waals surface area (Å²) in [5.74, 6) is -1.23. The van der Waals surface area contributed by atoms with Gasteiger partial charge in [0.2, 0.25) is 0 Å². The first kappa shape index (κ1) is 41.0. The van der Waals surface area contributed by atoms with Crippen LogP contribution >= 0.6 is 23.3 Å². The minimum absolute atomic E-state index is 0.00559. The zero-order chi connectivity index (χ0) is 34.6. The summed E-state index contributed by atoms with van der Waals surface area (Å²) in [7, 11) is 1.94. The van der Waals surface area contributed by atoms with E-state index in [2.05, 4.69) is 22.5 Å². The fourth-order valence-electron chi connectivity index (χ4n) is 4.62. The number of hydrogen-bond donors (Lipinski definition) is 2. The average Bonchev–Trinajstić information content (AvgIpc) is 3.72. The van der Waals surface area contributed by atoms with Crippen molar-refractivity contribution in [3.8, 4) is 0 Å². The van der Waals surface area contributed by atoms with Crippen molar-refractivity contribution in [3.05, 3.63) is 80.8 Å². The molecule has 1 aromatic heterocycles. The van der Waals surface area contributed by atoms with Gasteiger partial charge < -0.3 is 19.8 Å². The molecule has 1 fully saturated rings. The minimum Gasteiger partial charge on any atom is -0.352 e. The molecular formula is C35H53F2N5O2S2. The topological polar surface area (TPSA) is 77.6 Å². The maximum Gasteiger partial charge on any atom is 0.254 e. The third-order valence-corrected chi connectivity index (χ3v) is 8.57. The molecule has 1 aliphatic rings. The normalized spacial score (nSPS) is 13.4. The van der Waals surface area contributed by atoms with Gasteiger partial charge in [-0.05, 0) is 88.5 Å². The van der Waals surface area contributed by atoms with Crippen LogP contribution in [-0.4, -0.2) is 61.2 Å². The summed E-state index contributed by atoms with van der Waals surface area (Å²) >= 11 is 3.15. The van der Waals surface area contributed by atoms with Crippen LogP contribution in [0.4, 0.5) is 14.5 Å². The molecule has 11 heteroatoms. The van der Waals surface area contributed by atoms with Crippen LogP contribution in [0.5, 0.6) is 0 Å². The van der Waals surface area contributed by atoms with Gasteiger partial charge >= 0.3 is 0 Å². The Morgan fingerprint density at radius 3 is 2.22 bits per heavy atom. The fourth-order valence-corrected chi connectivity index (χ4v) is 5.88. The highest BCUT2D eigenvalue weighted by molar-refractivity contribution is 7.99. The lowest BCUT2D eigenvalue weighted by Crippen LogP contribution is -2.31. The SMILES string of the molecule is CC.CC.CCCNCCCNC(=O)c1cc(C(=O)N2CCCC2c2nc(C)cs2)cc(N(C)SC)c1.Cc1cc(F)cc(F)c1. The second-order valence-electron chi connectivity index (χ2n) is 10.2. The number of anilines is 1. The van der Waals surface area contributed by atoms with Crippen LogP contribution in [0.2, 0.25) is 0 Å². The van der Waals surface area contributed by atoms with E-state index in [1.807, 2.05) is 74.6 Å². The molecule has 0 spiro atoms. The lowest BCUT2D eigenvalue weighted by molar-refractivity contribution is 0.0735. The van der Waals surface area contributed by atoms with Gasteiger partial charge in [-0.3, -0.25) is 9.59 Å². The lowest BCUT2D eigenvalue weighted by atomic mass is 10.1. The standard InChI is InChI=1S/C24H35N5O2S2.C7H6F2.2C2H6/c1-5-9-25-10-7-11-26-22(30)18-13-19(15-20(14-18)28(3)32-4)24(31)29-12-6-8-21(29)23-27-17(2)16-33-23;1-5-2-6(8)4-7(9)3-5;2*1-2/h13-16,21,25H,5-12H2,1-4H3,(H,26,30);2-4H,1H3;2*1-2H3. The van der Waals surface area contributed by atoms with Crippen molar-refractivity contribution in [3.63, 3.8) is 0 Å². The Bertz CT molecular complexity index is 1290. The zero-order valence-corrected chi connectivity index (χ0v) is 30.6. The molecule has 46 heavy (non-hydrogen) atoms. The van der Waals surface area contributed by atoms with E-state index in [0.717, 1.165) is 61.2 Å². The average molecular weight is 678 g/mol. The van der Waals surface area contributed by atoms with E-state index in [-0.39, 0.29) is 17.9 Å². The summed E-state index contributed by atoms with van der Waals surface area (Å²) in [6.45, 7) is 16.9. The maximum absolute atomic E-state index is 13.6. The van der Waals surface area contributed by atoms with E-state index >= 15 is 0 Å². The number of hydrogen-bond acceptors (Lipinski definition) is 7. The summed E-state index contributed by atoms with van der Waals surface area (Å²) in [5, 5.41) is 9.36. The number of aromatic nitrogens is 1. The molecule has 0 saturated carbocycles. The predicted octanol–water partition coefficient (Wildman–Crippen LogP) is 8.59. The van der Waals surface area contributed by atoms with E-state index in [0.29, 0.717) is 29.8 Å². The van der Waals surface area contributed by atoms with Crippen molar-refractivity contribution >= 4 is 40.8 Å². The van der Waals surface area contributed by atoms with Crippen molar-refractivity contribution < 1.29 is 18.4 Å². The number of rotatable bonds is 11. The number of benzene rings is 2. The summed E-state index contributed by atoms with van der Waals surface area (Å²) in [4.78, 5) is 33.0. The van der Waals surface area contributed by atoms with E-state index < -0.39 is 11.6 Å². The predicted molar refractivity (Wildman–Crippen MR) is 192 cm³/mol. The number of nitrogens with one attached hydrogen (secondary N) is 2. The van der Waals surface area contributed by atoms with Gasteiger partial charge in [0.15, 0.2) is 0 Å². The fraction of sp³-hybridized carbons (Fsp3) is 0.514. The molecule has 2 amide bonds. The van der Waals surface area contributed by atoms with Gasteiger partial charge in [0.05, 0.1) is 6.04 Å². The number of likely N-dealkylation sites (tertiary alicyclic amines) is 1. The van der Waals surface area contributed by atoms with Gasteiger partial charge in [-0.1, -0.05) is 46.6 Å². The third-order valence-electron chi connectivity index (χ3n) is 6.75. The molecule has 2 N–H and O–H groups in total.